The molecular weight excluding hydrogens is 377 g/mol. The van der Waals surface area contributed by atoms with Crippen molar-refractivity contribution in [2.45, 2.75) is 25.6 Å². The lowest BCUT2D eigenvalue weighted by atomic mass is 9.94. The van der Waals surface area contributed by atoms with Gasteiger partial charge in [-0.25, -0.2) is 4.79 Å². The number of carbonyl (C=O) groups is 2. The van der Waals surface area contributed by atoms with E-state index in [1.807, 2.05) is 0 Å². The van der Waals surface area contributed by atoms with E-state index in [9.17, 15) is 14.7 Å². The molecule has 136 valence electrons. The third-order valence-electron chi connectivity index (χ3n) is 3.97. The number of para-hydroxylation sites is 1. The first-order valence-electron chi connectivity index (χ1n) is 7.94. The Bertz CT molecular complexity index is 888. The Labute approximate surface area is 160 Å². The van der Waals surface area contributed by atoms with Crippen LogP contribution in [0.15, 0.2) is 42.5 Å². The van der Waals surface area contributed by atoms with Gasteiger partial charge in [-0.05, 0) is 38.1 Å². The van der Waals surface area contributed by atoms with E-state index in [4.69, 9.17) is 23.2 Å². The van der Waals surface area contributed by atoms with Gasteiger partial charge in [-0.2, -0.15) is 0 Å². The van der Waals surface area contributed by atoms with Crippen LogP contribution in [0.4, 0.5) is 16.2 Å². The normalized spacial score (nSPS) is 19.2. The highest BCUT2D eigenvalue weighted by Gasteiger charge is 2.52. The molecule has 0 bridgehead atoms. The largest absolute Gasteiger partial charge is 0.359 e. The summed E-state index contributed by atoms with van der Waals surface area (Å²) in [6.45, 7) is 3.53. The number of aliphatic hydroxyl groups is 1. The fraction of sp³-hybridized carbons (Fsp3) is 0.222. The molecule has 0 aliphatic carbocycles. The quantitative estimate of drug-likeness (QED) is 0.742. The summed E-state index contributed by atoms with van der Waals surface area (Å²) in [4.78, 5) is 26.7. The predicted octanol–water partition coefficient (Wildman–Crippen LogP) is 3.72. The number of nitrogens with one attached hydrogen (secondary N) is 2. The molecular formula is C18H17Cl2N3O3. The highest BCUT2D eigenvalue weighted by Crippen LogP contribution is 2.41. The molecule has 0 saturated heterocycles. The Morgan fingerprint density at radius 2 is 1.88 bits per heavy atom. The van der Waals surface area contributed by atoms with E-state index in [0.29, 0.717) is 10.7 Å². The van der Waals surface area contributed by atoms with E-state index in [1.165, 1.54) is 18.2 Å². The molecule has 2 aromatic carbocycles. The number of anilines is 2. The van der Waals surface area contributed by atoms with Crippen molar-refractivity contribution in [3.05, 3.63) is 58.1 Å². The first-order chi connectivity index (χ1) is 12.2. The molecule has 0 spiro atoms. The van der Waals surface area contributed by atoms with Crippen LogP contribution < -0.4 is 15.5 Å². The van der Waals surface area contributed by atoms with Crippen molar-refractivity contribution in [3.8, 4) is 0 Å². The number of carbonyl (C=O) groups excluding carboxylic acids is 2. The number of rotatable bonds is 3. The van der Waals surface area contributed by atoms with Crippen LogP contribution in [0.25, 0.3) is 0 Å². The number of halogens is 2. The van der Waals surface area contributed by atoms with Crippen molar-refractivity contribution >= 4 is 46.5 Å². The van der Waals surface area contributed by atoms with Gasteiger partial charge in [0.1, 0.15) is 0 Å². The number of amides is 3. The number of hydrogen-bond donors (Lipinski definition) is 3. The summed E-state index contributed by atoms with van der Waals surface area (Å²) in [5.41, 5.74) is -1.41. The van der Waals surface area contributed by atoms with Crippen LogP contribution in [-0.4, -0.2) is 23.1 Å². The van der Waals surface area contributed by atoms with Gasteiger partial charge in [0.2, 0.25) is 0 Å². The van der Waals surface area contributed by atoms with E-state index in [0.717, 1.165) is 4.90 Å². The first-order valence-corrected chi connectivity index (χ1v) is 8.70. The zero-order valence-corrected chi connectivity index (χ0v) is 15.6. The molecule has 26 heavy (non-hydrogen) atoms. The lowest BCUT2D eigenvalue weighted by Crippen LogP contribution is -2.63. The van der Waals surface area contributed by atoms with E-state index in [-0.39, 0.29) is 22.3 Å². The van der Waals surface area contributed by atoms with Crippen molar-refractivity contribution in [1.82, 2.24) is 5.32 Å². The van der Waals surface area contributed by atoms with Gasteiger partial charge in [0.15, 0.2) is 0 Å². The standard InChI is InChI=1S/C18H17Cl2N3O3/c1-10(2)21-16(24)18(26)12-5-3-4-6-15(12)22-17(25)23(18)11-7-8-13(19)14(20)9-11/h3-10,26H,1-2H3,(H,21,24)(H,22,25)/t18-/m1/s1. The second-order valence-electron chi connectivity index (χ2n) is 6.21. The maximum absolute atomic E-state index is 12.9. The van der Waals surface area contributed by atoms with E-state index >= 15 is 0 Å². The van der Waals surface area contributed by atoms with Crippen LogP contribution in [0.5, 0.6) is 0 Å². The van der Waals surface area contributed by atoms with Gasteiger partial charge in [-0.3, -0.25) is 9.69 Å². The van der Waals surface area contributed by atoms with Crippen molar-refractivity contribution < 1.29 is 14.7 Å². The number of urea groups is 1. The molecule has 0 radical (unpaired) electrons. The molecule has 1 heterocycles. The monoisotopic (exact) mass is 393 g/mol. The molecule has 1 aliphatic heterocycles. The minimum absolute atomic E-state index is 0.197. The molecule has 3 N–H and O–H groups in total. The Morgan fingerprint density at radius 1 is 1.19 bits per heavy atom. The molecule has 1 atom stereocenters. The highest BCUT2D eigenvalue weighted by atomic mass is 35.5. The molecule has 8 heteroatoms. The van der Waals surface area contributed by atoms with Gasteiger partial charge in [0.05, 0.1) is 21.4 Å². The summed E-state index contributed by atoms with van der Waals surface area (Å²) in [5.74, 6) is -0.721. The van der Waals surface area contributed by atoms with Crippen LogP contribution in [0.1, 0.15) is 19.4 Å². The van der Waals surface area contributed by atoms with Crippen molar-refractivity contribution in [2.24, 2.45) is 0 Å². The van der Waals surface area contributed by atoms with Gasteiger partial charge in [-0.1, -0.05) is 41.4 Å². The molecule has 3 amide bonds. The second-order valence-corrected chi connectivity index (χ2v) is 7.02. The zero-order valence-electron chi connectivity index (χ0n) is 14.1. The zero-order chi connectivity index (χ0) is 19.1. The Hall–Kier alpha value is -2.28. The number of hydrogen-bond acceptors (Lipinski definition) is 3. The molecule has 2 aromatic rings. The van der Waals surface area contributed by atoms with E-state index in [1.54, 1.807) is 38.1 Å². The van der Waals surface area contributed by atoms with Gasteiger partial charge in [-0.15, -0.1) is 0 Å². The number of benzene rings is 2. The summed E-state index contributed by atoms with van der Waals surface area (Å²) in [7, 11) is 0. The second kappa shape index (κ2) is 6.79. The van der Waals surface area contributed by atoms with E-state index in [2.05, 4.69) is 10.6 Å². The molecule has 6 nitrogen and oxygen atoms in total. The molecule has 0 saturated carbocycles. The first kappa shape index (κ1) is 18.5. The summed E-state index contributed by atoms with van der Waals surface area (Å²) in [5, 5.41) is 17.3. The topological polar surface area (TPSA) is 81.7 Å². The summed E-state index contributed by atoms with van der Waals surface area (Å²) in [6, 6.07) is 10.1. The summed E-state index contributed by atoms with van der Waals surface area (Å²) >= 11 is 12.0. The Kier molecular flexibility index (Phi) is 4.84. The molecule has 3 rings (SSSR count). The van der Waals surface area contributed by atoms with Crippen LogP contribution in [0.2, 0.25) is 10.0 Å². The number of nitrogens with zero attached hydrogens (tertiary/aromatic N) is 1. The predicted molar refractivity (Wildman–Crippen MR) is 102 cm³/mol. The van der Waals surface area contributed by atoms with Crippen LogP contribution in [0.3, 0.4) is 0 Å². The maximum Gasteiger partial charge on any atom is 0.329 e. The fourth-order valence-electron chi connectivity index (χ4n) is 2.85. The third-order valence-corrected chi connectivity index (χ3v) is 4.71. The van der Waals surface area contributed by atoms with Crippen molar-refractivity contribution in [2.75, 3.05) is 10.2 Å². The van der Waals surface area contributed by atoms with Crippen molar-refractivity contribution in [1.29, 1.82) is 0 Å². The summed E-state index contributed by atoms with van der Waals surface area (Å²) < 4.78 is 0. The van der Waals surface area contributed by atoms with Gasteiger partial charge >= 0.3 is 6.03 Å². The van der Waals surface area contributed by atoms with E-state index < -0.39 is 17.7 Å². The SMILES string of the molecule is CC(C)NC(=O)[C@]1(O)c2ccccc2NC(=O)N1c1ccc(Cl)c(Cl)c1. The lowest BCUT2D eigenvalue weighted by Gasteiger charge is -2.43. The smallest absolute Gasteiger partial charge is 0.329 e. The third kappa shape index (κ3) is 3.00. The van der Waals surface area contributed by atoms with Crippen LogP contribution >= 0.6 is 23.2 Å². The average Bonchev–Trinajstić information content (AvgIpc) is 2.57. The van der Waals surface area contributed by atoms with Crippen LogP contribution in [0, 0.1) is 0 Å². The number of fused-ring (bicyclic) bond motifs is 1. The fourth-order valence-corrected chi connectivity index (χ4v) is 3.14. The minimum atomic E-state index is -2.25. The minimum Gasteiger partial charge on any atom is -0.359 e. The van der Waals surface area contributed by atoms with Gasteiger partial charge in [0.25, 0.3) is 11.6 Å². The maximum atomic E-state index is 12.9. The lowest BCUT2D eigenvalue weighted by molar-refractivity contribution is -0.140. The molecule has 0 unspecified atom stereocenters. The summed E-state index contributed by atoms with van der Waals surface area (Å²) in [6.07, 6.45) is 0. The molecule has 0 aromatic heterocycles. The average molecular weight is 394 g/mol. The molecule has 1 aliphatic rings. The molecule has 0 fully saturated rings. The Balaban J connectivity index is 2.21. The van der Waals surface area contributed by atoms with Crippen LogP contribution in [-0.2, 0) is 10.5 Å². The van der Waals surface area contributed by atoms with Crippen molar-refractivity contribution in [3.63, 3.8) is 0 Å². The highest BCUT2D eigenvalue weighted by molar-refractivity contribution is 6.42. The Morgan fingerprint density at radius 3 is 2.54 bits per heavy atom. The van der Waals surface area contributed by atoms with Gasteiger partial charge in [0, 0.05) is 11.6 Å². The van der Waals surface area contributed by atoms with Gasteiger partial charge < -0.3 is 15.7 Å².